The first kappa shape index (κ1) is 21.9. The van der Waals surface area contributed by atoms with E-state index in [1.54, 1.807) is 12.1 Å². The number of rotatable bonds is 7. The Labute approximate surface area is 191 Å². The van der Waals surface area contributed by atoms with E-state index in [4.69, 9.17) is 9.47 Å². The molecule has 2 aliphatic rings. The van der Waals surface area contributed by atoms with E-state index in [0.717, 1.165) is 48.7 Å². The number of carbonyl (C=O) groups is 1. The molecule has 1 aliphatic heterocycles. The number of hydrogen-bond donors (Lipinski definition) is 1. The van der Waals surface area contributed by atoms with Gasteiger partial charge in [0.2, 0.25) is 0 Å². The highest BCUT2D eigenvalue weighted by molar-refractivity contribution is 5.92. The molecule has 0 amide bonds. The second-order valence-electron chi connectivity index (χ2n) is 8.99. The van der Waals surface area contributed by atoms with Crippen molar-refractivity contribution in [3.63, 3.8) is 0 Å². The third-order valence-electron chi connectivity index (χ3n) is 7.08. The minimum absolute atomic E-state index is 0.0634. The third-order valence-corrected chi connectivity index (χ3v) is 7.08. The van der Waals surface area contributed by atoms with Gasteiger partial charge in [-0.25, -0.2) is 13.6 Å². The topological polar surface area (TPSA) is 54.6 Å². The van der Waals surface area contributed by atoms with Crippen molar-refractivity contribution in [1.29, 1.82) is 0 Å². The molecule has 33 heavy (non-hydrogen) atoms. The number of ether oxygens (including phenoxy) is 2. The molecular formula is C26H28F2N2O3. The van der Waals surface area contributed by atoms with Crippen molar-refractivity contribution in [2.45, 2.75) is 50.6 Å². The molecule has 2 aromatic carbocycles. The number of nitrogens with zero attached hydrogens (tertiary/aromatic N) is 1. The number of nitrogens with one attached hydrogen (secondary N) is 1. The molecule has 0 radical (unpaired) electrons. The predicted octanol–water partition coefficient (Wildman–Crippen LogP) is 5.02. The molecule has 174 valence electrons. The van der Waals surface area contributed by atoms with E-state index >= 15 is 0 Å². The van der Waals surface area contributed by atoms with Crippen LogP contribution in [0.4, 0.5) is 8.78 Å². The van der Waals surface area contributed by atoms with Gasteiger partial charge < -0.3 is 14.5 Å². The summed E-state index contributed by atoms with van der Waals surface area (Å²) < 4.78 is 38.9. The molecule has 0 saturated heterocycles. The number of esters is 1. The van der Waals surface area contributed by atoms with Crippen molar-refractivity contribution in [1.82, 2.24) is 9.88 Å². The summed E-state index contributed by atoms with van der Waals surface area (Å²) in [7, 11) is 1.33. The van der Waals surface area contributed by atoms with Crippen LogP contribution in [-0.4, -0.2) is 48.2 Å². The molecule has 1 aromatic heterocycles. The molecule has 0 spiro atoms. The number of methoxy groups -OCH3 is 1. The highest BCUT2D eigenvalue weighted by Crippen LogP contribution is 2.36. The lowest BCUT2D eigenvalue weighted by Crippen LogP contribution is -2.51. The molecule has 3 aromatic rings. The number of hydrogen-bond acceptors (Lipinski definition) is 4. The van der Waals surface area contributed by atoms with Gasteiger partial charge in [-0.3, -0.25) is 4.90 Å². The van der Waals surface area contributed by atoms with Gasteiger partial charge in [-0.05, 0) is 74.5 Å². The Morgan fingerprint density at radius 3 is 2.82 bits per heavy atom. The number of aromatic nitrogens is 1. The van der Waals surface area contributed by atoms with Gasteiger partial charge in [-0.2, -0.15) is 0 Å². The lowest BCUT2D eigenvalue weighted by Gasteiger charge is -2.44. The van der Waals surface area contributed by atoms with Gasteiger partial charge in [-0.15, -0.1) is 0 Å². The molecule has 7 heteroatoms. The van der Waals surface area contributed by atoms with Crippen molar-refractivity contribution in [2.75, 3.05) is 20.3 Å². The zero-order valence-corrected chi connectivity index (χ0v) is 18.7. The average molecular weight is 455 g/mol. The van der Waals surface area contributed by atoms with Crippen LogP contribution in [-0.2, 0) is 17.6 Å². The Balaban J connectivity index is 1.32. The first-order valence-corrected chi connectivity index (χ1v) is 11.6. The van der Waals surface area contributed by atoms with E-state index in [1.165, 1.54) is 31.7 Å². The molecule has 1 saturated carbocycles. The molecular weight excluding hydrogens is 426 g/mol. The van der Waals surface area contributed by atoms with E-state index < -0.39 is 11.8 Å². The van der Waals surface area contributed by atoms with Crippen LogP contribution < -0.4 is 4.74 Å². The van der Waals surface area contributed by atoms with Crippen LogP contribution in [0.25, 0.3) is 10.9 Å². The molecule has 0 unspecified atom stereocenters. The quantitative estimate of drug-likeness (QED) is 0.509. The van der Waals surface area contributed by atoms with E-state index in [2.05, 4.69) is 9.88 Å². The highest BCUT2D eigenvalue weighted by atomic mass is 19.1. The van der Waals surface area contributed by atoms with E-state index in [9.17, 15) is 13.6 Å². The van der Waals surface area contributed by atoms with Crippen molar-refractivity contribution >= 4 is 16.9 Å². The van der Waals surface area contributed by atoms with Crippen LogP contribution in [0.5, 0.6) is 5.75 Å². The summed E-state index contributed by atoms with van der Waals surface area (Å²) in [6, 6.07) is 8.09. The Morgan fingerprint density at radius 2 is 2.06 bits per heavy atom. The molecule has 5 nitrogen and oxygen atoms in total. The lowest BCUT2D eigenvalue weighted by molar-refractivity contribution is 0.0413. The summed E-state index contributed by atoms with van der Waals surface area (Å²) >= 11 is 0. The summed E-state index contributed by atoms with van der Waals surface area (Å²) in [6.07, 6.45) is 7.73. The van der Waals surface area contributed by atoms with Gasteiger partial charge in [0, 0.05) is 34.7 Å². The summed E-state index contributed by atoms with van der Waals surface area (Å²) in [6.45, 7) is 1.25. The Kier molecular flexibility index (Phi) is 6.06. The monoisotopic (exact) mass is 454 g/mol. The normalized spacial score (nSPS) is 18.1. The number of carbonyl (C=O) groups excluding carboxylic acids is 1. The fraction of sp³-hybridized carbons (Fsp3) is 0.423. The molecule has 1 atom stereocenters. The fourth-order valence-electron chi connectivity index (χ4n) is 5.14. The van der Waals surface area contributed by atoms with Crippen LogP contribution in [0, 0.1) is 11.6 Å². The molecule has 1 fully saturated rings. The smallest absolute Gasteiger partial charge is 0.338 e. The summed E-state index contributed by atoms with van der Waals surface area (Å²) in [5.41, 5.74) is 3.01. The first-order chi connectivity index (χ1) is 16.0. The third kappa shape index (κ3) is 4.22. The zero-order valence-electron chi connectivity index (χ0n) is 18.7. The zero-order chi connectivity index (χ0) is 22.9. The lowest BCUT2D eigenvalue weighted by atomic mass is 9.87. The van der Waals surface area contributed by atoms with Gasteiger partial charge in [0.05, 0.1) is 12.7 Å². The summed E-state index contributed by atoms with van der Waals surface area (Å²) in [5.74, 6) is -0.982. The van der Waals surface area contributed by atoms with Crippen LogP contribution in [0.2, 0.25) is 0 Å². The molecule has 0 bridgehead atoms. The highest BCUT2D eigenvalue weighted by Gasteiger charge is 2.35. The molecule has 1 N–H and O–H groups in total. The van der Waals surface area contributed by atoms with Crippen LogP contribution in [0.15, 0.2) is 36.5 Å². The average Bonchev–Trinajstić information content (AvgIpc) is 3.18. The summed E-state index contributed by atoms with van der Waals surface area (Å²) in [4.78, 5) is 18.0. The van der Waals surface area contributed by atoms with Gasteiger partial charge in [0.15, 0.2) is 11.6 Å². The van der Waals surface area contributed by atoms with Gasteiger partial charge in [0.1, 0.15) is 12.4 Å². The maximum absolute atomic E-state index is 14.4. The number of halogens is 2. The standard InChI is InChI=1S/C26H28F2N2O3/c1-32-26(31)20-8-9-23(28)25-22(20)13-19(15-33-25)30(18-5-2-6-18)11-3-4-16-14-29-24-10-7-17(27)12-21(16)24/h7-10,12,14,18-19,29H,2-6,11,13,15H2,1H3/t19-/m1/s1. The van der Waals surface area contributed by atoms with Gasteiger partial charge in [-0.1, -0.05) is 6.42 Å². The predicted molar refractivity (Wildman–Crippen MR) is 122 cm³/mol. The van der Waals surface area contributed by atoms with Crippen molar-refractivity contribution in [3.8, 4) is 5.75 Å². The van der Waals surface area contributed by atoms with E-state index in [0.29, 0.717) is 30.2 Å². The minimum Gasteiger partial charge on any atom is -0.489 e. The second-order valence-corrected chi connectivity index (χ2v) is 8.99. The minimum atomic E-state index is -0.475. The van der Waals surface area contributed by atoms with Crippen molar-refractivity contribution in [3.05, 3.63) is 64.9 Å². The number of benzene rings is 2. The van der Waals surface area contributed by atoms with Crippen molar-refractivity contribution in [2.24, 2.45) is 0 Å². The maximum atomic E-state index is 14.4. The van der Waals surface area contributed by atoms with Crippen LogP contribution >= 0.6 is 0 Å². The van der Waals surface area contributed by atoms with Crippen LogP contribution in [0.3, 0.4) is 0 Å². The Morgan fingerprint density at radius 1 is 1.21 bits per heavy atom. The van der Waals surface area contributed by atoms with Gasteiger partial charge in [0.25, 0.3) is 0 Å². The molecule has 1 aliphatic carbocycles. The fourth-order valence-corrected chi connectivity index (χ4v) is 5.14. The Hall–Kier alpha value is -2.93. The maximum Gasteiger partial charge on any atom is 0.338 e. The second kappa shape index (κ2) is 9.14. The number of fused-ring (bicyclic) bond motifs is 2. The first-order valence-electron chi connectivity index (χ1n) is 11.6. The number of aromatic amines is 1. The number of aryl methyl sites for hydroxylation is 1. The Bertz CT molecular complexity index is 1170. The van der Waals surface area contributed by atoms with E-state index in [-0.39, 0.29) is 17.6 Å². The van der Waals surface area contributed by atoms with Crippen LogP contribution in [0.1, 0.15) is 47.2 Å². The number of H-pyrrole nitrogens is 1. The van der Waals surface area contributed by atoms with Crippen molar-refractivity contribution < 1.29 is 23.0 Å². The van der Waals surface area contributed by atoms with E-state index in [1.807, 2.05) is 6.20 Å². The summed E-state index contributed by atoms with van der Waals surface area (Å²) in [5, 5.41) is 0.929. The SMILES string of the molecule is COC(=O)c1ccc(F)c2c1C[C@@H](N(CCCc1c[nH]c3ccc(F)cc13)C1CCC1)CO2. The van der Waals surface area contributed by atoms with Gasteiger partial charge >= 0.3 is 5.97 Å². The largest absolute Gasteiger partial charge is 0.489 e. The molecule has 5 rings (SSSR count). The molecule has 2 heterocycles.